The zero-order chi connectivity index (χ0) is 13.0. The standard InChI is InChI=1S/C14H19BrN2O/c1-2-17-9-7-13(8-10-17)16-14(18)11-3-5-12(15)6-4-11/h3-6,13H,2,7-10H2,1H3,(H,16,18). The van der Waals surface area contributed by atoms with Gasteiger partial charge >= 0.3 is 0 Å². The molecule has 0 aliphatic carbocycles. The number of carbonyl (C=O) groups excluding carboxylic acids is 1. The smallest absolute Gasteiger partial charge is 0.251 e. The maximum Gasteiger partial charge on any atom is 0.251 e. The van der Waals surface area contributed by atoms with E-state index in [2.05, 4.69) is 33.1 Å². The van der Waals surface area contributed by atoms with Crippen LogP contribution in [0, 0.1) is 0 Å². The molecule has 1 N–H and O–H groups in total. The number of amides is 1. The molecule has 1 amide bonds. The number of piperidine rings is 1. The van der Waals surface area contributed by atoms with Gasteiger partial charge in [-0.2, -0.15) is 0 Å². The Bertz CT molecular complexity index is 397. The van der Waals surface area contributed by atoms with E-state index in [1.807, 2.05) is 24.3 Å². The van der Waals surface area contributed by atoms with E-state index in [0.29, 0.717) is 6.04 Å². The summed E-state index contributed by atoms with van der Waals surface area (Å²) in [5, 5.41) is 3.12. The molecule has 1 heterocycles. The summed E-state index contributed by atoms with van der Waals surface area (Å²) in [6.45, 7) is 5.46. The van der Waals surface area contributed by atoms with Crippen LogP contribution < -0.4 is 5.32 Å². The molecule has 0 bridgehead atoms. The molecular weight excluding hydrogens is 292 g/mol. The van der Waals surface area contributed by atoms with Crippen molar-refractivity contribution in [3.63, 3.8) is 0 Å². The van der Waals surface area contributed by atoms with Crippen LogP contribution in [0.1, 0.15) is 30.1 Å². The van der Waals surface area contributed by atoms with E-state index < -0.39 is 0 Å². The van der Waals surface area contributed by atoms with E-state index in [4.69, 9.17) is 0 Å². The second kappa shape index (κ2) is 6.34. The molecule has 0 saturated carbocycles. The Hall–Kier alpha value is -0.870. The third kappa shape index (κ3) is 3.56. The van der Waals surface area contributed by atoms with Crippen molar-refractivity contribution in [2.45, 2.75) is 25.8 Å². The summed E-state index contributed by atoms with van der Waals surface area (Å²) >= 11 is 3.37. The maximum atomic E-state index is 12.0. The van der Waals surface area contributed by atoms with Crippen molar-refractivity contribution in [3.8, 4) is 0 Å². The first-order valence-corrected chi connectivity index (χ1v) is 7.27. The zero-order valence-electron chi connectivity index (χ0n) is 10.7. The molecular formula is C14H19BrN2O. The third-order valence-corrected chi connectivity index (χ3v) is 4.01. The molecule has 0 radical (unpaired) electrons. The van der Waals surface area contributed by atoms with Crippen molar-refractivity contribution in [3.05, 3.63) is 34.3 Å². The lowest BCUT2D eigenvalue weighted by molar-refractivity contribution is 0.0912. The molecule has 1 fully saturated rings. The average Bonchev–Trinajstić information content (AvgIpc) is 2.40. The number of nitrogens with zero attached hydrogens (tertiary/aromatic N) is 1. The minimum atomic E-state index is 0.0393. The van der Waals surface area contributed by atoms with Crippen molar-refractivity contribution in [2.75, 3.05) is 19.6 Å². The number of rotatable bonds is 3. The first-order chi connectivity index (χ1) is 8.69. The third-order valence-electron chi connectivity index (χ3n) is 3.48. The van der Waals surface area contributed by atoms with Crippen LogP contribution >= 0.6 is 15.9 Å². The van der Waals surface area contributed by atoms with E-state index in [9.17, 15) is 4.79 Å². The number of halogens is 1. The van der Waals surface area contributed by atoms with Gasteiger partial charge in [-0.1, -0.05) is 22.9 Å². The van der Waals surface area contributed by atoms with Gasteiger partial charge in [0.15, 0.2) is 0 Å². The normalized spacial score (nSPS) is 17.7. The highest BCUT2D eigenvalue weighted by Crippen LogP contribution is 2.13. The first kappa shape index (κ1) is 13.6. The summed E-state index contributed by atoms with van der Waals surface area (Å²) in [5.74, 6) is 0.0393. The lowest BCUT2D eigenvalue weighted by Crippen LogP contribution is -2.44. The maximum absolute atomic E-state index is 12.0. The van der Waals surface area contributed by atoms with E-state index in [1.54, 1.807) is 0 Å². The molecule has 1 aromatic rings. The lowest BCUT2D eigenvalue weighted by atomic mass is 10.0. The van der Waals surface area contributed by atoms with Gasteiger partial charge in [0.25, 0.3) is 5.91 Å². The zero-order valence-corrected chi connectivity index (χ0v) is 12.2. The van der Waals surface area contributed by atoms with Crippen LogP contribution in [0.4, 0.5) is 0 Å². The molecule has 18 heavy (non-hydrogen) atoms. The first-order valence-electron chi connectivity index (χ1n) is 6.48. The molecule has 3 nitrogen and oxygen atoms in total. The fraction of sp³-hybridized carbons (Fsp3) is 0.500. The second-order valence-corrected chi connectivity index (χ2v) is 5.60. The molecule has 1 aromatic carbocycles. The van der Waals surface area contributed by atoms with Gasteiger partial charge < -0.3 is 10.2 Å². The van der Waals surface area contributed by atoms with Gasteiger partial charge in [0.05, 0.1) is 0 Å². The topological polar surface area (TPSA) is 32.3 Å². The minimum absolute atomic E-state index is 0.0393. The van der Waals surface area contributed by atoms with Gasteiger partial charge in [0.1, 0.15) is 0 Å². The van der Waals surface area contributed by atoms with Gasteiger partial charge in [0, 0.05) is 29.2 Å². The fourth-order valence-corrected chi connectivity index (χ4v) is 2.53. The minimum Gasteiger partial charge on any atom is -0.349 e. The molecule has 0 atom stereocenters. The Kier molecular flexibility index (Phi) is 4.78. The monoisotopic (exact) mass is 310 g/mol. The van der Waals surface area contributed by atoms with Crippen molar-refractivity contribution in [2.24, 2.45) is 0 Å². The van der Waals surface area contributed by atoms with Crippen LogP contribution in [-0.2, 0) is 0 Å². The summed E-state index contributed by atoms with van der Waals surface area (Å²) < 4.78 is 0.996. The summed E-state index contributed by atoms with van der Waals surface area (Å²) in [6.07, 6.45) is 2.10. The van der Waals surface area contributed by atoms with Crippen LogP contribution in [0.5, 0.6) is 0 Å². The van der Waals surface area contributed by atoms with Crippen LogP contribution in [0.15, 0.2) is 28.7 Å². The van der Waals surface area contributed by atoms with E-state index >= 15 is 0 Å². The van der Waals surface area contributed by atoms with E-state index in [0.717, 1.165) is 42.5 Å². The number of nitrogens with one attached hydrogen (secondary N) is 1. The second-order valence-electron chi connectivity index (χ2n) is 4.69. The quantitative estimate of drug-likeness (QED) is 0.931. The number of carbonyl (C=O) groups is 1. The molecule has 1 aliphatic rings. The molecule has 0 unspecified atom stereocenters. The molecule has 4 heteroatoms. The summed E-state index contributed by atoms with van der Waals surface area (Å²) in [4.78, 5) is 14.5. The molecule has 1 saturated heterocycles. The molecule has 2 rings (SSSR count). The van der Waals surface area contributed by atoms with E-state index in [-0.39, 0.29) is 5.91 Å². The fourth-order valence-electron chi connectivity index (χ4n) is 2.26. The van der Waals surface area contributed by atoms with Crippen molar-refractivity contribution in [1.82, 2.24) is 10.2 Å². The number of benzene rings is 1. The van der Waals surface area contributed by atoms with Crippen molar-refractivity contribution < 1.29 is 4.79 Å². The summed E-state index contributed by atoms with van der Waals surface area (Å²) in [6, 6.07) is 7.81. The molecule has 1 aliphatic heterocycles. The van der Waals surface area contributed by atoms with Gasteiger partial charge in [0.2, 0.25) is 0 Å². The van der Waals surface area contributed by atoms with Crippen LogP contribution in [0.3, 0.4) is 0 Å². The Balaban J connectivity index is 1.86. The molecule has 0 spiro atoms. The number of hydrogen-bond acceptors (Lipinski definition) is 2. The highest BCUT2D eigenvalue weighted by atomic mass is 79.9. The van der Waals surface area contributed by atoms with Gasteiger partial charge in [-0.05, 0) is 43.7 Å². The largest absolute Gasteiger partial charge is 0.349 e. The van der Waals surface area contributed by atoms with E-state index in [1.165, 1.54) is 0 Å². The van der Waals surface area contributed by atoms with Gasteiger partial charge in [-0.3, -0.25) is 4.79 Å². The lowest BCUT2D eigenvalue weighted by Gasteiger charge is -2.31. The Morgan fingerprint density at radius 3 is 2.50 bits per heavy atom. The Morgan fingerprint density at radius 1 is 1.33 bits per heavy atom. The van der Waals surface area contributed by atoms with Crippen LogP contribution in [0.25, 0.3) is 0 Å². The average molecular weight is 311 g/mol. The van der Waals surface area contributed by atoms with Crippen LogP contribution in [-0.4, -0.2) is 36.5 Å². The predicted octanol–water partition coefficient (Wildman–Crippen LogP) is 2.66. The highest BCUT2D eigenvalue weighted by Gasteiger charge is 2.19. The van der Waals surface area contributed by atoms with Crippen molar-refractivity contribution in [1.29, 1.82) is 0 Å². The predicted molar refractivity (Wildman–Crippen MR) is 76.7 cm³/mol. The van der Waals surface area contributed by atoms with Crippen LogP contribution in [0.2, 0.25) is 0 Å². The summed E-state index contributed by atoms with van der Waals surface area (Å²) in [7, 11) is 0. The highest BCUT2D eigenvalue weighted by molar-refractivity contribution is 9.10. The van der Waals surface area contributed by atoms with Gasteiger partial charge in [-0.15, -0.1) is 0 Å². The molecule has 98 valence electrons. The molecule has 0 aromatic heterocycles. The number of hydrogen-bond donors (Lipinski definition) is 1. The summed E-state index contributed by atoms with van der Waals surface area (Å²) in [5.41, 5.74) is 0.733. The number of likely N-dealkylation sites (tertiary alicyclic amines) is 1. The SMILES string of the molecule is CCN1CCC(NC(=O)c2ccc(Br)cc2)CC1. The Morgan fingerprint density at radius 2 is 1.94 bits per heavy atom. The Labute approximate surface area is 117 Å². The van der Waals surface area contributed by atoms with Crippen molar-refractivity contribution >= 4 is 21.8 Å². The van der Waals surface area contributed by atoms with Gasteiger partial charge in [-0.25, -0.2) is 0 Å².